The molecule has 3 unspecified atom stereocenters. The van der Waals surface area contributed by atoms with Crippen molar-refractivity contribution in [3.8, 4) is 0 Å². The highest BCUT2D eigenvalue weighted by atomic mass is 16.3. The highest BCUT2D eigenvalue weighted by Gasteiger charge is 2.36. The van der Waals surface area contributed by atoms with Crippen LogP contribution in [0.25, 0.3) is 0 Å². The molecule has 3 atom stereocenters. The van der Waals surface area contributed by atoms with E-state index in [2.05, 4.69) is 26.1 Å². The van der Waals surface area contributed by atoms with Gasteiger partial charge in [0, 0.05) is 25.3 Å². The number of aryl methyl sites for hydroxylation is 1. The van der Waals surface area contributed by atoms with Gasteiger partial charge in [0.05, 0.1) is 6.10 Å². The molecule has 21 heavy (non-hydrogen) atoms. The zero-order valence-electron chi connectivity index (χ0n) is 13.3. The van der Waals surface area contributed by atoms with Crippen molar-refractivity contribution in [3.05, 3.63) is 23.7 Å². The topological polar surface area (TPSA) is 62.5 Å². The number of hydrogen-bond acceptors (Lipinski definition) is 3. The predicted octanol–water partition coefficient (Wildman–Crippen LogP) is 2.86. The Morgan fingerprint density at radius 2 is 2.19 bits per heavy atom. The van der Waals surface area contributed by atoms with E-state index in [1.807, 2.05) is 12.1 Å². The number of amides is 1. The van der Waals surface area contributed by atoms with Crippen molar-refractivity contribution in [1.82, 2.24) is 5.32 Å². The van der Waals surface area contributed by atoms with Gasteiger partial charge < -0.3 is 14.8 Å². The molecule has 1 fully saturated rings. The van der Waals surface area contributed by atoms with Crippen LogP contribution in [0.4, 0.5) is 0 Å². The Balaban J connectivity index is 1.65. The molecule has 2 rings (SSSR count). The number of carbonyl (C=O) groups excluding carboxylic acids is 1. The maximum Gasteiger partial charge on any atom is 0.220 e. The molecule has 0 radical (unpaired) electrons. The molecule has 0 bridgehead atoms. The van der Waals surface area contributed by atoms with Crippen LogP contribution in [0.15, 0.2) is 16.5 Å². The quantitative estimate of drug-likeness (QED) is 0.774. The lowest BCUT2D eigenvalue weighted by atomic mass is 10.1. The van der Waals surface area contributed by atoms with Gasteiger partial charge in [-0.05, 0) is 36.8 Å². The van der Waals surface area contributed by atoms with Gasteiger partial charge in [-0.25, -0.2) is 0 Å². The van der Waals surface area contributed by atoms with Crippen LogP contribution in [0, 0.1) is 11.8 Å². The van der Waals surface area contributed by atoms with Gasteiger partial charge in [0.1, 0.15) is 11.5 Å². The van der Waals surface area contributed by atoms with Crippen LogP contribution in [0.5, 0.6) is 0 Å². The number of hydrogen-bond donors (Lipinski definition) is 2. The molecule has 4 heteroatoms. The number of nitrogens with one attached hydrogen (secondary N) is 1. The van der Waals surface area contributed by atoms with E-state index in [4.69, 9.17) is 4.42 Å². The van der Waals surface area contributed by atoms with Gasteiger partial charge in [-0.2, -0.15) is 0 Å². The number of aliphatic hydroxyl groups excluding tert-OH is 1. The molecule has 1 saturated carbocycles. The van der Waals surface area contributed by atoms with E-state index >= 15 is 0 Å². The summed E-state index contributed by atoms with van der Waals surface area (Å²) in [6, 6.07) is 4.01. The van der Waals surface area contributed by atoms with Crippen LogP contribution in [-0.2, 0) is 11.2 Å². The van der Waals surface area contributed by atoms with Crippen LogP contribution < -0.4 is 5.32 Å². The van der Waals surface area contributed by atoms with Crippen LogP contribution in [-0.4, -0.2) is 23.7 Å². The Kier molecular flexibility index (Phi) is 5.45. The molecule has 1 amide bonds. The molecular weight excluding hydrogens is 266 g/mol. The molecule has 0 saturated heterocycles. The number of rotatable bonds is 8. The third kappa shape index (κ3) is 5.20. The van der Waals surface area contributed by atoms with E-state index < -0.39 is 6.10 Å². The Morgan fingerprint density at radius 1 is 1.48 bits per heavy atom. The molecule has 4 nitrogen and oxygen atoms in total. The first-order chi connectivity index (χ1) is 9.95. The van der Waals surface area contributed by atoms with E-state index in [1.54, 1.807) is 0 Å². The molecular formula is C17H27NO3. The van der Waals surface area contributed by atoms with E-state index in [0.717, 1.165) is 17.4 Å². The minimum Gasteiger partial charge on any atom is -0.466 e. The zero-order valence-corrected chi connectivity index (χ0v) is 13.3. The molecule has 2 N–H and O–H groups in total. The fraction of sp³-hybridized carbons (Fsp3) is 0.706. The second-order valence-corrected chi connectivity index (χ2v) is 6.71. The maximum absolute atomic E-state index is 11.7. The zero-order chi connectivity index (χ0) is 15.4. The Morgan fingerprint density at radius 3 is 2.81 bits per heavy atom. The van der Waals surface area contributed by atoms with Gasteiger partial charge >= 0.3 is 0 Å². The summed E-state index contributed by atoms with van der Waals surface area (Å²) in [6.45, 7) is 6.67. The third-order valence-electron chi connectivity index (χ3n) is 4.03. The lowest BCUT2D eigenvalue weighted by Gasteiger charge is -2.13. The highest BCUT2D eigenvalue weighted by molar-refractivity contribution is 5.76. The lowest BCUT2D eigenvalue weighted by molar-refractivity contribution is -0.121. The Hall–Kier alpha value is -1.29. The van der Waals surface area contributed by atoms with Crippen molar-refractivity contribution in [1.29, 1.82) is 0 Å². The van der Waals surface area contributed by atoms with Gasteiger partial charge in [-0.15, -0.1) is 0 Å². The van der Waals surface area contributed by atoms with Crippen molar-refractivity contribution in [2.24, 2.45) is 11.8 Å². The third-order valence-corrected chi connectivity index (χ3v) is 4.03. The largest absolute Gasteiger partial charge is 0.466 e. The van der Waals surface area contributed by atoms with Crippen molar-refractivity contribution < 1.29 is 14.3 Å². The average Bonchev–Trinajstić information content (AvgIpc) is 2.96. The summed E-state index contributed by atoms with van der Waals surface area (Å²) < 4.78 is 5.78. The predicted molar refractivity (Wildman–Crippen MR) is 82.0 cm³/mol. The maximum atomic E-state index is 11.7. The first-order valence-electron chi connectivity index (χ1n) is 7.99. The SMILES string of the molecule is CC(C)CC(O)CNC(=O)CCc1ccc(C2CC2C)o1. The van der Waals surface area contributed by atoms with Crippen LogP contribution in [0.3, 0.4) is 0 Å². The van der Waals surface area contributed by atoms with E-state index in [-0.39, 0.29) is 5.91 Å². The first-order valence-corrected chi connectivity index (χ1v) is 7.99. The summed E-state index contributed by atoms with van der Waals surface area (Å²) in [6.07, 6.45) is 2.48. The van der Waals surface area contributed by atoms with E-state index in [0.29, 0.717) is 37.6 Å². The van der Waals surface area contributed by atoms with Crippen molar-refractivity contribution >= 4 is 5.91 Å². The number of aliphatic hydroxyl groups is 1. The molecule has 0 aromatic carbocycles. The van der Waals surface area contributed by atoms with Crippen LogP contribution in [0.1, 0.15) is 57.5 Å². The Bertz CT molecular complexity index is 466. The van der Waals surface area contributed by atoms with Gasteiger partial charge in [-0.1, -0.05) is 20.8 Å². The minimum absolute atomic E-state index is 0.0319. The van der Waals surface area contributed by atoms with Gasteiger partial charge in [0.2, 0.25) is 5.91 Å². The summed E-state index contributed by atoms with van der Waals surface area (Å²) in [5, 5.41) is 12.5. The molecule has 1 aromatic heterocycles. The normalized spacial score (nSPS) is 22.3. The minimum atomic E-state index is -0.458. The Labute approximate surface area is 126 Å². The average molecular weight is 293 g/mol. The second kappa shape index (κ2) is 7.12. The second-order valence-electron chi connectivity index (χ2n) is 6.71. The summed E-state index contributed by atoms with van der Waals surface area (Å²) in [5.74, 6) is 3.65. The van der Waals surface area contributed by atoms with Crippen LogP contribution in [0.2, 0.25) is 0 Å². The lowest BCUT2D eigenvalue weighted by Crippen LogP contribution is -2.32. The van der Waals surface area contributed by atoms with Crippen LogP contribution >= 0.6 is 0 Å². The fourth-order valence-corrected chi connectivity index (χ4v) is 2.63. The van der Waals surface area contributed by atoms with Crippen molar-refractivity contribution in [2.45, 2.75) is 58.5 Å². The van der Waals surface area contributed by atoms with Crippen molar-refractivity contribution in [2.75, 3.05) is 6.54 Å². The smallest absolute Gasteiger partial charge is 0.220 e. The summed E-state index contributed by atoms with van der Waals surface area (Å²) in [7, 11) is 0. The van der Waals surface area contributed by atoms with Gasteiger partial charge in [-0.3, -0.25) is 4.79 Å². The summed E-state index contributed by atoms with van der Waals surface area (Å²) in [5.41, 5.74) is 0. The standard InChI is InChI=1S/C17H27NO3/c1-11(2)8-13(19)10-18-17(20)7-5-14-4-6-16(21-14)15-9-12(15)3/h4,6,11-13,15,19H,5,7-10H2,1-3H3,(H,18,20). The van der Waals surface area contributed by atoms with Gasteiger partial charge in [0.25, 0.3) is 0 Å². The number of furan rings is 1. The monoisotopic (exact) mass is 293 g/mol. The first kappa shape index (κ1) is 16.1. The number of carbonyl (C=O) groups is 1. The molecule has 0 aliphatic heterocycles. The van der Waals surface area contributed by atoms with E-state index in [1.165, 1.54) is 6.42 Å². The molecule has 118 valence electrons. The fourth-order valence-electron chi connectivity index (χ4n) is 2.63. The summed E-state index contributed by atoms with van der Waals surface area (Å²) in [4.78, 5) is 11.7. The highest BCUT2D eigenvalue weighted by Crippen LogP contribution is 2.47. The molecule has 0 spiro atoms. The molecule has 1 aliphatic carbocycles. The van der Waals surface area contributed by atoms with Crippen molar-refractivity contribution in [3.63, 3.8) is 0 Å². The molecule has 1 heterocycles. The summed E-state index contributed by atoms with van der Waals surface area (Å²) >= 11 is 0. The molecule has 1 aliphatic rings. The van der Waals surface area contributed by atoms with Gasteiger partial charge in [0.15, 0.2) is 0 Å². The van der Waals surface area contributed by atoms with E-state index in [9.17, 15) is 9.90 Å². The molecule has 1 aromatic rings.